The molecule has 0 unspecified atom stereocenters. The van der Waals surface area contributed by atoms with Crippen molar-refractivity contribution in [3.05, 3.63) is 47.5 Å². The molecule has 8 heteroatoms. The van der Waals surface area contributed by atoms with Crippen LogP contribution in [0.25, 0.3) is 0 Å². The molecule has 0 spiro atoms. The summed E-state index contributed by atoms with van der Waals surface area (Å²) in [7, 11) is 3.71. The van der Waals surface area contributed by atoms with E-state index in [1.54, 1.807) is 7.11 Å². The van der Waals surface area contributed by atoms with Gasteiger partial charge >= 0.3 is 0 Å². The average molecular weight is 400 g/mol. The highest BCUT2D eigenvalue weighted by atomic mass is 16.5. The van der Waals surface area contributed by atoms with Crippen LogP contribution >= 0.6 is 0 Å². The number of aromatic nitrogens is 3. The molecule has 0 saturated carbocycles. The minimum Gasteiger partial charge on any atom is -0.385 e. The highest BCUT2D eigenvalue weighted by Crippen LogP contribution is 2.09. The minimum atomic E-state index is 0.522. The Morgan fingerprint density at radius 1 is 1.14 bits per heavy atom. The summed E-state index contributed by atoms with van der Waals surface area (Å²) in [6.07, 6.45) is 0.951. The standard InChI is InChI=1S/C21H33N7O/c1-18-24-25-20(26(18)2)16-23-21(22-10-7-15-29-3)28-13-11-27(12-14-28)17-19-8-5-4-6-9-19/h4-6,8-9H,7,10-17H2,1-3H3,(H,22,23). The van der Waals surface area contributed by atoms with Crippen LogP contribution in [0.15, 0.2) is 35.3 Å². The van der Waals surface area contributed by atoms with E-state index < -0.39 is 0 Å². The molecule has 3 rings (SSSR count). The van der Waals surface area contributed by atoms with Crippen molar-refractivity contribution in [2.24, 2.45) is 12.0 Å². The zero-order valence-corrected chi connectivity index (χ0v) is 17.8. The Bertz CT molecular complexity index is 767. The van der Waals surface area contributed by atoms with E-state index in [2.05, 4.69) is 55.6 Å². The zero-order chi connectivity index (χ0) is 20.5. The van der Waals surface area contributed by atoms with E-state index in [0.29, 0.717) is 6.54 Å². The first-order valence-electron chi connectivity index (χ1n) is 10.3. The van der Waals surface area contributed by atoms with Crippen LogP contribution in [0.4, 0.5) is 0 Å². The van der Waals surface area contributed by atoms with Crippen molar-refractivity contribution >= 4 is 5.96 Å². The summed E-state index contributed by atoms with van der Waals surface area (Å²) in [5.41, 5.74) is 1.37. The highest BCUT2D eigenvalue weighted by Gasteiger charge is 2.20. The lowest BCUT2D eigenvalue weighted by Crippen LogP contribution is -2.52. The molecule has 29 heavy (non-hydrogen) atoms. The number of hydrogen-bond donors (Lipinski definition) is 1. The summed E-state index contributed by atoms with van der Waals surface area (Å²) >= 11 is 0. The molecule has 0 atom stereocenters. The van der Waals surface area contributed by atoms with Crippen LogP contribution in [0, 0.1) is 6.92 Å². The topological polar surface area (TPSA) is 70.8 Å². The molecule has 1 aromatic carbocycles. The molecular formula is C21H33N7O. The molecule has 1 saturated heterocycles. The van der Waals surface area contributed by atoms with Crippen LogP contribution in [0.3, 0.4) is 0 Å². The van der Waals surface area contributed by atoms with Crippen LogP contribution in [0.1, 0.15) is 23.6 Å². The Hall–Kier alpha value is -2.45. The van der Waals surface area contributed by atoms with Crippen LogP contribution in [0.2, 0.25) is 0 Å². The van der Waals surface area contributed by atoms with Crippen molar-refractivity contribution in [3.63, 3.8) is 0 Å². The quantitative estimate of drug-likeness (QED) is 0.411. The monoisotopic (exact) mass is 399 g/mol. The van der Waals surface area contributed by atoms with Gasteiger partial charge in [0.2, 0.25) is 0 Å². The SMILES string of the molecule is COCCCNC(=NCc1nnc(C)n1C)N1CCN(Cc2ccccc2)CC1. The smallest absolute Gasteiger partial charge is 0.194 e. The molecule has 2 heterocycles. The molecule has 2 aromatic rings. The molecule has 1 aromatic heterocycles. The number of benzene rings is 1. The Labute approximate surface area is 173 Å². The average Bonchev–Trinajstić information content (AvgIpc) is 3.07. The van der Waals surface area contributed by atoms with Crippen molar-refractivity contribution in [2.45, 2.75) is 26.4 Å². The summed E-state index contributed by atoms with van der Waals surface area (Å²) < 4.78 is 7.16. The van der Waals surface area contributed by atoms with Gasteiger partial charge in [0.15, 0.2) is 11.8 Å². The summed E-state index contributed by atoms with van der Waals surface area (Å²) in [5, 5.41) is 11.9. The van der Waals surface area contributed by atoms with Gasteiger partial charge in [-0.1, -0.05) is 30.3 Å². The van der Waals surface area contributed by atoms with Crippen molar-refractivity contribution in [3.8, 4) is 0 Å². The fraction of sp³-hybridized carbons (Fsp3) is 0.571. The van der Waals surface area contributed by atoms with E-state index in [1.807, 2.05) is 18.5 Å². The first-order valence-corrected chi connectivity index (χ1v) is 10.3. The van der Waals surface area contributed by atoms with Gasteiger partial charge in [0.25, 0.3) is 0 Å². The maximum absolute atomic E-state index is 5.17. The fourth-order valence-corrected chi connectivity index (χ4v) is 3.38. The number of ether oxygens (including phenoxy) is 1. The zero-order valence-electron chi connectivity index (χ0n) is 17.8. The van der Waals surface area contributed by atoms with Gasteiger partial charge in [0, 0.05) is 60.0 Å². The van der Waals surface area contributed by atoms with E-state index in [9.17, 15) is 0 Å². The number of nitrogens with one attached hydrogen (secondary N) is 1. The molecule has 1 aliphatic heterocycles. The molecule has 0 aliphatic carbocycles. The van der Waals surface area contributed by atoms with Crippen LogP contribution in [-0.4, -0.2) is 77.0 Å². The van der Waals surface area contributed by atoms with Gasteiger partial charge in [-0.2, -0.15) is 0 Å². The summed E-state index contributed by atoms with van der Waals surface area (Å²) in [4.78, 5) is 9.69. The maximum atomic E-state index is 5.17. The maximum Gasteiger partial charge on any atom is 0.194 e. The van der Waals surface area contributed by atoms with Gasteiger partial charge < -0.3 is 19.5 Å². The fourth-order valence-electron chi connectivity index (χ4n) is 3.38. The minimum absolute atomic E-state index is 0.522. The second-order valence-electron chi connectivity index (χ2n) is 7.38. The number of methoxy groups -OCH3 is 1. The van der Waals surface area contributed by atoms with Crippen molar-refractivity contribution in [2.75, 3.05) is 46.4 Å². The molecule has 158 valence electrons. The van der Waals surface area contributed by atoms with E-state index in [-0.39, 0.29) is 0 Å². The normalized spacial score (nSPS) is 15.7. The van der Waals surface area contributed by atoms with Gasteiger partial charge in [-0.3, -0.25) is 4.90 Å². The molecule has 1 aliphatic rings. The lowest BCUT2D eigenvalue weighted by atomic mass is 10.2. The molecule has 0 radical (unpaired) electrons. The third-order valence-corrected chi connectivity index (χ3v) is 5.28. The molecule has 0 amide bonds. The van der Waals surface area contributed by atoms with Crippen molar-refractivity contribution in [1.29, 1.82) is 0 Å². The number of rotatable bonds is 8. The first kappa shape index (κ1) is 21.3. The highest BCUT2D eigenvalue weighted by molar-refractivity contribution is 5.80. The summed E-state index contributed by atoms with van der Waals surface area (Å²) in [5.74, 6) is 2.72. The van der Waals surface area contributed by atoms with Gasteiger partial charge in [0.05, 0.1) is 0 Å². The Balaban J connectivity index is 1.58. The van der Waals surface area contributed by atoms with E-state index in [0.717, 1.165) is 69.9 Å². The molecule has 8 nitrogen and oxygen atoms in total. The van der Waals surface area contributed by atoms with Gasteiger partial charge in [0.1, 0.15) is 12.4 Å². The van der Waals surface area contributed by atoms with Crippen LogP contribution < -0.4 is 5.32 Å². The first-order chi connectivity index (χ1) is 14.2. The van der Waals surface area contributed by atoms with E-state index in [4.69, 9.17) is 9.73 Å². The lowest BCUT2D eigenvalue weighted by molar-refractivity contribution is 0.171. The second kappa shape index (κ2) is 10.9. The molecule has 1 N–H and O–H groups in total. The molecule has 0 bridgehead atoms. The Kier molecular flexibility index (Phi) is 8.01. The third-order valence-electron chi connectivity index (χ3n) is 5.28. The van der Waals surface area contributed by atoms with Gasteiger partial charge in [-0.15, -0.1) is 10.2 Å². The largest absolute Gasteiger partial charge is 0.385 e. The Morgan fingerprint density at radius 3 is 2.55 bits per heavy atom. The summed E-state index contributed by atoms with van der Waals surface area (Å²) in [6, 6.07) is 10.7. The van der Waals surface area contributed by atoms with Gasteiger partial charge in [-0.25, -0.2) is 4.99 Å². The van der Waals surface area contributed by atoms with Crippen molar-refractivity contribution < 1.29 is 4.74 Å². The van der Waals surface area contributed by atoms with Crippen LogP contribution in [-0.2, 0) is 24.9 Å². The Morgan fingerprint density at radius 2 is 1.90 bits per heavy atom. The molecule has 1 fully saturated rings. The number of aryl methyl sites for hydroxylation is 1. The number of piperazine rings is 1. The molecular weight excluding hydrogens is 366 g/mol. The summed E-state index contributed by atoms with van der Waals surface area (Å²) in [6.45, 7) is 9.03. The number of guanidine groups is 1. The number of nitrogens with zero attached hydrogens (tertiary/aromatic N) is 6. The van der Waals surface area contributed by atoms with Crippen LogP contribution in [0.5, 0.6) is 0 Å². The second-order valence-corrected chi connectivity index (χ2v) is 7.38. The van der Waals surface area contributed by atoms with E-state index in [1.165, 1.54) is 5.56 Å². The predicted molar refractivity (Wildman–Crippen MR) is 115 cm³/mol. The number of aliphatic imine (C=N–C) groups is 1. The van der Waals surface area contributed by atoms with Gasteiger partial charge in [-0.05, 0) is 18.9 Å². The number of hydrogen-bond acceptors (Lipinski definition) is 5. The van der Waals surface area contributed by atoms with E-state index >= 15 is 0 Å². The predicted octanol–water partition coefficient (Wildman–Crippen LogP) is 1.42. The lowest BCUT2D eigenvalue weighted by Gasteiger charge is -2.36. The van der Waals surface area contributed by atoms with Crippen molar-refractivity contribution in [1.82, 2.24) is 29.9 Å². The third kappa shape index (κ3) is 6.27.